The zero-order chi connectivity index (χ0) is 20.8. The van der Waals surface area contributed by atoms with Crippen LogP contribution >= 0.6 is 22.9 Å². The fourth-order valence-corrected chi connectivity index (χ4v) is 3.79. The number of hydrogen-bond donors (Lipinski definition) is 2. The number of hydrogen-bond acceptors (Lipinski definition) is 7. The van der Waals surface area contributed by atoms with E-state index >= 15 is 0 Å². The van der Waals surface area contributed by atoms with Gasteiger partial charge in [0.05, 0.1) is 6.61 Å². The van der Waals surface area contributed by atoms with Crippen molar-refractivity contribution < 1.29 is 19.1 Å². The molecule has 1 aromatic heterocycles. The molecule has 1 atom stereocenters. The summed E-state index contributed by atoms with van der Waals surface area (Å²) >= 11 is 7.12. The Kier molecular flexibility index (Phi) is 6.99. The van der Waals surface area contributed by atoms with Gasteiger partial charge in [0.2, 0.25) is 11.0 Å². The number of benzene rings is 1. The number of carbonyl (C=O) groups excluding carboxylic acids is 3. The molecular formula is C18H20ClN5O4S. The van der Waals surface area contributed by atoms with Gasteiger partial charge in [-0.05, 0) is 31.9 Å². The summed E-state index contributed by atoms with van der Waals surface area (Å²) in [5.41, 5.74) is 0.841. The van der Waals surface area contributed by atoms with Crippen LogP contribution in [0.2, 0.25) is 5.02 Å². The van der Waals surface area contributed by atoms with Crippen LogP contribution in [0, 0.1) is 0 Å². The molecule has 2 N–H and O–H groups in total. The molecule has 1 fully saturated rings. The lowest BCUT2D eigenvalue weighted by atomic mass is 10.2. The van der Waals surface area contributed by atoms with Crippen LogP contribution < -0.4 is 10.6 Å². The summed E-state index contributed by atoms with van der Waals surface area (Å²) in [4.78, 5) is 37.8. The Bertz CT molecular complexity index is 889. The quantitative estimate of drug-likeness (QED) is 0.671. The topological polar surface area (TPSA) is 114 Å². The summed E-state index contributed by atoms with van der Waals surface area (Å²) in [5, 5.41) is 14.9. The van der Waals surface area contributed by atoms with Crippen molar-refractivity contribution in [2.45, 2.75) is 25.8 Å². The molecule has 1 aliphatic heterocycles. The minimum atomic E-state index is -0.639. The molecule has 11 heteroatoms. The van der Waals surface area contributed by atoms with Crippen molar-refractivity contribution >= 4 is 46.0 Å². The van der Waals surface area contributed by atoms with E-state index in [0.29, 0.717) is 34.5 Å². The molecule has 29 heavy (non-hydrogen) atoms. The number of urea groups is 1. The highest BCUT2D eigenvalue weighted by Crippen LogP contribution is 2.28. The van der Waals surface area contributed by atoms with Gasteiger partial charge in [0.15, 0.2) is 0 Å². The molecule has 1 aliphatic rings. The van der Waals surface area contributed by atoms with Crippen molar-refractivity contribution in [1.82, 2.24) is 20.4 Å². The second-order valence-electron chi connectivity index (χ2n) is 6.22. The summed E-state index contributed by atoms with van der Waals surface area (Å²) in [6.45, 7) is 2.12. The van der Waals surface area contributed by atoms with Crippen LogP contribution in [0.3, 0.4) is 0 Å². The lowest BCUT2D eigenvalue weighted by Gasteiger charge is -2.23. The average molecular weight is 438 g/mol. The molecule has 0 bridgehead atoms. The Morgan fingerprint density at radius 1 is 1.28 bits per heavy atom. The monoisotopic (exact) mass is 437 g/mol. The smallest absolute Gasteiger partial charge is 0.325 e. The SMILES string of the molecule is CCOC(=O)CNC(=O)N1CCCC1C(=O)Nc1nnc(-c2ccc(Cl)cc2)s1. The zero-order valence-corrected chi connectivity index (χ0v) is 17.3. The van der Waals surface area contributed by atoms with E-state index in [0.717, 1.165) is 5.56 Å². The number of nitrogens with one attached hydrogen (secondary N) is 2. The summed E-state index contributed by atoms with van der Waals surface area (Å²) in [6.07, 6.45) is 1.22. The molecule has 1 saturated heterocycles. The van der Waals surface area contributed by atoms with Gasteiger partial charge in [-0.15, -0.1) is 10.2 Å². The number of aromatic nitrogens is 2. The molecule has 1 aromatic carbocycles. The molecule has 2 aromatic rings. The Morgan fingerprint density at radius 2 is 2.03 bits per heavy atom. The van der Waals surface area contributed by atoms with Crippen LogP contribution in [-0.2, 0) is 14.3 Å². The second kappa shape index (κ2) is 9.66. The number of halogens is 1. The van der Waals surface area contributed by atoms with Gasteiger partial charge in [-0.3, -0.25) is 14.9 Å². The maximum Gasteiger partial charge on any atom is 0.325 e. The summed E-state index contributed by atoms with van der Waals surface area (Å²) < 4.78 is 4.78. The number of likely N-dealkylation sites (tertiary alicyclic amines) is 1. The van der Waals surface area contributed by atoms with Crippen molar-refractivity contribution in [3.05, 3.63) is 29.3 Å². The third-order valence-electron chi connectivity index (χ3n) is 4.25. The Morgan fingerprint density at radius 3 is 2.76 bits per heavy atom. The highest BCUT2D eigenvalue weighted by molar-refractivity contribution is 7.18. The predicted molar refractivity (Wildman–Crippen MR) is 109 cm³/mol. The minimum Gasteiger partial charge on any atom is -0.465 e. The zero-order valence-electron chi connectivity index (χ0n) is 15.7. The summed E-state index contributed by atoms with van der Waals surface area (Å²) in [5.74, 6) is -0.864. The number of ether oxygens (including phenoxy) is 1. The number of anilines is 1. The van der Waals surface area contributed by atoms with Gasteiger partial charge in [0.1, 0.15) is 17.6 Å². The molecular weight excluding hydrogens is 418 g/mol. The number of amides is 3. The number of carbonyl (C=O) groups is 3. The number of esters is 1. The fourth-order valence-electron chi connectivity index (χ4n) is 2.92. The van der Waals surface area contributed by atoms with Gasteiger partial charge in [0, 0.05) is 17.1 Å². The average Bonchev–Trinajstić information content (AvgIpc) is 3.36. The van der Waals surface area contributed by atoms with Crippen LogP contribution in [0.15, 0.2) is 24.3 Å². The van der Waals surface area contributed by atoms with Crippen LogP contribution in [0.4, 0.5) is 9.93 Å². The van der Waals surface area contributed by atoms with E-state index in [1.165, 1.54) is 16.2 Å². The minimum absolute atomic E-state index is 0.238. The van der Waals surface area contributed by atoms with Gasteiger partial charge in [0.25, 0.3) is 0 Å². The Balaban J connectivity index is 1.59. The van der Waals surface area contributed by atoms with Crippen LogP contribution in [-0.4, -0.2) is 58.7 Å². The second-order valence-corrected chi connectivity index (χ2v) is 7.64. The normalized spacial score (nSPS) is 15.8. The first-order valence-corrected chi connectivity index (χ1v) is 10.3. The third kappa shape index (κ3) is 5.42. The molecule has 3 rings (SSSR count). The highest BCUT2D eigenvalue weighted by atomic mass is 35.5. The molecule has 0 spiro atoms. The molecule has 154 valence electrons. The standard InChI is InChI=1S/C18H20ClN5O4S/c1-2-28-14(25)10-20-18(27)24-9-3-4-13(24)15(26)21-17-23-22-16(29-17)11-5-7-12(19)8-6-11/h5-8,13H,2-4,9-10H2,1H3,(H,20,27)(H,21,23,26). The molecule has 1 unspecified atom stereocenters. The van der Waals surface area contributed by atoms with Crippen molar-refractivity contribution in [2.75, 3.05) is 25.0 Å². The predicted octanol–water partition coefficient (Wildman–Crippen LogP) is 2.53. The van der Waals surface area contributed by atoms with E-state index < -0.39 is 18.0 Å². The highest BCUT2D eigenvalue weighted by Gasteiger charge is 2.34. The Labute approximate surface area is 176 Å². The lowest BCUT2D eigenvalue weighted by Crippen LogP contribution is -2.48. The van der Waals surface area contributed by atoms with Crippen molar-refractivity contribution in [3.63, 3.8) is 0 Å². The van der Waals surface area contributed by atoms with Crippen LogP contribution in [0.5, 0.6) is 0 Å². The molecule has 0 aliphatic carbocycles. The van der Waals surface area contributed by atoms with E-state index in [2.05, 4.69) is 20.8 Å². The third-order valence-corrected chi connectivity index (χ3v) is 5.39. The van der Waals surface area contributed by atoms with E-state index in [4.69, 9.17) is 16.3 Å². The molecule has 2 heterocycles. The van der Waals surface area contributed by atoms with Crippen molar-refractivity contribution in [3.8, 4) is 10.6 Å². The van der Waals surface area contributed by atoms with Crippen LogP contribution in [0.25, 0.3) is 10.6 Å². The largest absolute Gasteiger partial charge is 0.465 e. The first-order chi connectivity index (χ1) is 14.0. The van der Waals surface area contributed by atoms with Crippen LogP contribution in [0.1, 0.15) is 19.8 Å². The summed E-state index contributed by atoms with van der Waals surface area (Å²) in [6, 6.07) is 6.03. The van der Waals surface area contributed by atoms with Crippen molar-refractivity contribution in [1.29, 1.82) is 0 Å². The summed E-state index contributed by atoms with van der Waals surface area (Å²) in [7, 11) is 0. The molecule has 3 amide bonds. The van der Waals surface area contributed by atoms with E-state index in [-0.39, 0.29) is 19.1 Å². The van der Waals surface area contributed by atoms with Gasteiger partial charge in [-0.25, -0.2) is 4.79 Å². The fraction of sp³-hybridized carbons (Fsp3) is 0.389. The number of nitrogens with zero attached hydrogens (tertiary/aromatic N) is 3. The molecule has 0 saturated carbocycles. The Hall–Kier alpha value is -2.72. The number of rotatable bonds is 6. The maximum absolute atomic E-state index is 12.7. The van der Waals surface area contributed by atoms with E-state index in [1.807, 2.05) is 12.1 Å². The van der Waals surface area contributed by atoms with Gasteiger partial charge < -0.3 is 15.0 Å². The first kappa shape index (κ1) is 21.0. The molecule has 9 nitrogen and oxygen atoms in total. The molecule has 0 radical (unpaired) electrons. The van der Waals surface area contributed by atoms with Gasteiger partial charge in [-0.1, -0.05) is 35.1 Å². The van der Waals surface area contributed by atoms with E-state index in [1.54, 1.807) is 19.1 Å². The van der Waals surface area contributed by atoms with Gasteiger partial charge in [-0.2, -0.15) is 0 Å². The first-order valence-electron chi connectivity index (χ1n) is 9.08. The van der Waals surface area contributed by atoms with Crippen molar-refractivity contribution in [2.24, 2.45) is 0 Å². The van der Waals surface area contributed by atoms with Gasteiger partial charge >= 0.3 is 12.0 Å². The maximum atomic E-state index is 12.7. The van der Waals surface area contributed by atoms with E-state index in [9.17, 15) is 14.4 Å². The lowest BCUT2D eigenvalue weighted by molar-refractivity contribution is -0.141.